The maximum absolute atomic E-state index is 13.8. The van der Waals surface area contributed by atoms with Crippen molar-refractivity contribution in [3.05, 3.63) is 59.7 Å². The van der Waals surface area contributed by atoms with Gasteiger partial charge in [0.25, 0.3) is 5.91 Å². The van der Waals surface area contributed by atoms with Crippen LogP contribution < -0.4 is 10.6 Å². The van der Waals surface area contributed by atoms with Gasteiger partial charge in [0.2, 0.25) is 5.91 Å². The second-order valence-corrected chi connectivity index (χ2v) is 12.9. The van der Waals surface area contributed by atoms with Crippen molar-refractivity contribution >= 4 is 24.9 Å². The summed E-state index contributed by atoms with van der Waals surface area (Å²) in [4.78, 5) is 45.7. The second-order valence-electron chi connectivity index (χ2n) is 12.9. The third kappa shape index (κ3) is 5.74. The zero-order valence-electron chi connectivity index (χ0n) is 24.3. The average Bonchev–Trinajstić information content (AvgIpc) is 3.29. The Bertz CT molecular complexity index is 1290. The summed E-state index contributed by atoms with van der Waals surface area (Å²) < 4.78 is 13.2. The number of hydrogen-bond donors (Lipinski definition) is 3. The van der Waals surface area contributed by atoms with E-state index in [-0.39, 0.29) is 41.2 Å². The molecule has 2 amide bonds. The number of aromatic carboxylic acids is 1. The predicted molar refractivity (Wildman–Crippen MR) is 152 cm³/mol. The van der Waals surface area contributed by atoms with E-state index < -0.39 is 36.6 Å². The maximum atomic E-state index is 13.8. The zero-order valence-corrected chi connectivity index (χ0v) is 24.3. The van der Waals surface area contributed by atoms with Gasteiger partial charge in [0.15, 0.2) is 5.69 Å². The molecule has 1 aromatic carbocycles. The van der Waals surface area contributed by atoms with Crippen molar-refractivity contribution in [3.8, 4) is 0 Å². The van der Waals surface area contributed by atoms with Crippen molar-refractivity contribution in [2.45, 2.75) is 84.0 Å². The standard InChI is InChI=1S/C30H39BN4O6/c1-17(2)11-25(31-40-24-14-19-13-23(29(19,3)4)30(24,5)41-31)35-26(36)20(12-18-9-7-6-8-10-18)34-27(37)21-15-33-22(16-32-21)28(38)39/h6-10,15-17,19-20,23-25H,11-14H2,1-5H3,(H,34,37)(H,35,36)(H,38,39)/t19-,20-,23-,24?,25-,30-/m0/s1. The molecule has 3 saturated carbocycles. The Labute approximate surface area is 241 Å². The van der Waals surface area contributed by atoms with Gasteiger partial charge in [-0.05, 0) is 54.9 Å². The highest BCUT2D eigenvalue weighted by Gasteiger charge is 2.68. The van der Waals surface area contributed by atoms with Crippen molar-refractivity contribution in [1.82, 2.24) is 20.6 Å². The molecule has 2 bridgehead atoms. The fourth-order valence-electron chi connectivity index (χ4n) is 6.95. The summed E-state index contributed by atoms with van der Waals surface area (Å²) in [6.45, 7) is 11.0. The van der Waals surface area contributed by atoms with Crippen molar-refractivity contribution in [2.24, 2.45) is 23.2 Å². The van der Waals surface area contributed by atoms with Crippen LogP contribution in [0.3, 0.4) is 0 Å². The van der Waals surface area contributed by atoms with Crippen molar-refractivity contribution < 1.29 is 28.8 Å². The second kappa shape index (κ2) is 11.2. The molecule has 4 aliphatic rings. The molecule has 6 rings (SSSR count). The normalized spacial score (nSPS) is 27.4. The van der Waals surface area contributed by atoms with E-state index in [2.05, 4.69) is 55.2 Å². The van der Waals surface area contributed by atoms with Gasteiger partial charge in [-0.25, -0.2) is 14.8 Å². The highest BCUT2D eigenvalue weighted by atomic mass is 16.7. The number of benzene rings is 1. The number of carboxylic acid groups (broad SMARTS) is 1. The number of carboxylic acids is 1. The molecule has 1 saturated heterocycles. The number of aromatic nitrogens is 2. The van der Waals surface area contributed by atoms with Gasteiger partial charge in [-0.3, -0.25) is 9.59 Å². The highest BCUT2D eigenvalue weighted by molar-refractivity contribution is 6.48. The first-order valence-electron chi connectivity index (χ1n) is 14.4. The van der Waals surface area contributed by atoms with Crippen LogP contribution in [0.15, 0.2) is 42.7 Å². The van der Waals surface area contributed by atoms with E-state index in [1.165, 1.54) is 0 Å². The van der Waals surface area contributed by atoms with Crippen LogP contribution >= 0.6 is 0 Å². The first-order valence-corrected chi connectivity index (χ1v) is 14.4. The van der Waals surface area contributed by atoms with E-state index in [0.29, 0.717) is 18.3 Å². The minimum absolute atomic E-state index is 0.0111. The molecule has 1 aliphatic heterocycles. The lowest BCUT2D eigenvalue weighted by Crippen LogP contribution is -2.65. The van der Waals surface area contributed by atoms with Gasteiger partial charge in [0.05, 0.1) is 30.0 Å². The van der Waals surface area contributed by atoms with Gasteiger partial charge >= 0.3 is 13.1 Å². The Morgan fingerprint density at radius 3 is 2.34 bits per heavy atom. The molecular weight excluding hydrogens is 523 g/mol. The van der Waals surface area contributed by atoms with Gasteiger partial charge in [0, 0.05) is 6.42 Å². The molecule has 1 aromatic heterocycles. The molecule has 4 fully saturated rings. The van der Waals surface area contributed by atoms with E-state index in [9.17, 15) is 14.4 Å². The van der Waals surface area contributed by atoms with Gasteiger partial charge in [-0.2, -0.15) is 0 Å². The molecule has 3 aliphatic carbocycles. The number of amides is 2. The number of carbonyl (C=O) groups is 3. The first-order chi connectivity index (χ1) is 19.4. The molecule has 10 nitrogen and oxygen atoms in total. The summed E-state index contributed by atoms with van der Waals surface area (Å²) in [5.74, 6) is -1.36. The van der Waals surface area contributed by atoms with Crippen LogP contribution in [-0.4, -0.2) is 63.7 Å². The van der Waals surface area contributed by atoms with E-state index in [4.69, 9.17) is 14.4 Å². The van der Waals surface area contributed by atoms with Gasteiger partial charge in [0.1, 0.15) is 11.7 Å². The lowest BCUT2D eigenvalue weighted by molar-refractivity contribution is -0.199. The molecule has 218 valence electrons. The number of nitrogens with one attached hydrogen (secondary N) is 2. The number of hydrogen-bond acceptors (Lipinski definition) is 7. The molecule has 0 radical (unpaired) electrons. The minimum atomic E-state index is -1.24. The van der Waals surface area contributed by atoms with Crippen LogP contribution in [0.1, 0.15) is 80.4 Å². The summed E-state index contributed by atoms with van der Waals surface area (Å²) in [5, 5.41) is 15.0. The van der Waals surface area contributed by atoms with E-state index in [1.807, 2.05) is 30.3 Å². The average molecular weight is 562 g/mol. The Balaban J connectivity index is 1.34. The quantitative estimate of drug-likeness (QED) is 0.375. The minimum Gasteiger partial charge on any atom is -0.476 e. The lowest BCUT2D eigenvalue weighted by atomic mass is 9.43. The summed E-state index contributed by atoms with van der Waals surface area (Å²) in [5.41, 5.74) is 0.316. The van der Waals surface area contributed by atoms with Gasteiger partial charge < -0.3 is 25.0 Å². The van der Waals surface area contributed by atoms with Crippen LogP contribution in [0.2, 0.25) is 0 Å². The molecule has 6 atom stereocenters. The third-order valence-corrected chi connectivity index (χ3v) is 9.36. The molecule has 2 aromatic rings. The SMILES string of the molecule is CC(C)C[C@H](NC(=O)[C@H](Cc1ccccc1)NC(=O)c1cnc(C(=O)O)cn1)B1OC2C[C@@H]3C[C@@H](C3(C)C)[C@]2(C)O1. The van der Waals surface area contributed by atoms with E-state index in [1.54, 1.807) is 0 Å². The molecule has 1 unspecified atom stereocenters. The Kier molecular flexibility index (Phi) is 7.95. The molecule has 2 heterocycles. The van der Waals surface area contributed by atoms with E-state index >= 15 is 0 Å². The van der Waals surface area contributed by atoms with Crippen LogP contribution in [-0.2, 0) is 20.5 Å². The Morgan fingerprint density at radius 2 is 1.73 bits per heavy atom. The lowest BCUT2D eigenvalue weighted by Gasteiger charge is -2.64. The Hall–Kier alpha value is -3.31. The van der Waals surface area contributed by atoms with Crippen molar-refractivity contribution in [3.63, 3.8) is 0 Å². The number of nitrogens with zero attached hydrogens (tertiary/aromatic N) is 2. The fourth-order valence-corrected chi connectivity index (χ4v) is 6.95. The van der Waals surface area contributed by atoms with Crippen LogP contribution in [0.4, 0.5) is 0 Å². The summed E-state index contributed by atoms with van der Waals surface area (Å²) in [7, 11) is -0.589. The fraction of sp³-hybridized carbons (Fsp3) is 0.567. The first kappa shape index (κ1) is 29.2. The van der Waals surface area contributed by atoms with Crippen molar-refractivity contribution in [2.75, 3.05) is 0 Å². The summed E-state index contributed by atoms with van der Waals surface area (Å²) in [6, 6.07) is 8.49. The number of carbonyl (C=O) groups excluding carboxylic acids is 2. The molecule has 0 spiro atoms. The third-order valence-electron chi connectivity index (χ3n) is 9.36. The van der Waals surface area contributed by atoms with Crippen molar-refractivity contribution in [1.29, 1.82) is 0 Å². The predicted octanol–water partition coefficient (Wildman–Crippen LogP) is 3.31. The highest BCUT2D eigenvalue weighted by Crippen LogP contribution is 2.65. The maximum Gasteiger partial charge on any atom is 0.481 e. The van der Waals surface area contributed by atoms with Gasteiger partial charge in [-0.1, -0.05) is 58.0 Å². The van der Waals surface area contributed by atoms with E-state index in [0.717, 1.165) is 30.8 Å². The topological polar surface area (TPSA) is 140 Å². The Morgan fingerprint density at radius 1 is 1.05 bits per heavy atom. The monoisotopic (exact) mass is 562 g/mol. The van der Waals surface area contributed by atoms with Gasteiger partial charge in [-0.15, -0.1) is 0 Å². The largest absolute Gasteiger partial charge is 0.481 e. The van der Waals surface area contributed by atoms with Crippen LogP contribution in [0.5, 0.6) is 0 Å². The molecule has 41 heavy (non-hydrogen) atoms. The molecule has 11 heteroatoms. The van der Waals surface area contributed by atoms with Crippen LogP contribution in [0.25, 0.3) is 0 Å². The van der Waals surface area contributed by atoms with Crippen LogP contribution in [0, 0.1) is 23.2 Å². The summed E-state index contributed by atoms with van der Waals surface area (Å²) >= 11 is 0. The zero-order chi connectivity index (χ0) is 29.5. The molecule has 3 N–H and O–H groups in total. The summed E-state index contributed by atoms with van der Waals surface area (Å²) in [6.07, 6.45) is 5.08. The smallest absolute Gasteiger partial charge is 0.476 e. The number of rotatable bonds is 10. The molecular formula is C30H39BN4O6.